The monoisotopic (exact) mass is 401 g/mol. The van der Waals surface area contributed by atoms with Crippen LogP contribution in [0.1, 0.15) is 37.3 Å². The van der Waals surface area contributed by atoms with Gasteiger partial charge in [0.2, 0.25) is 10.0 Å². The summed E-state index contributed by atoms with van der Waals surface area (Å²) in [5.74, 6) is 0. The SMILES string of the molecule is CCCCCc1ccc(S(=O)(=O)N2CC[NH+](CCc3ccccc3)CC2)cc1. The summed E-state index contributed by atoms with van der Waals surface area (Å²) in [4.78, 5) is 1.92. The van der Waals surface area contributed by atoms with E-state index in [1.165, 1.54) is 28.9 Å². The summed E-state index contributed by atoms with van der Waals surface area (Å²) in [6.07, 6.45) is 5.65. The Bertz CT molecular complexity index is 811. The first kappa shape index (κ1) is 21.0. The van der Waals surface area contributed by atoms with Crippen LogP contribution in [0.25, 0.3) is 0 Å². The maximum Gasteiger partial charge on any atom is 0.243 e. The third-order valence-corrected chi connectivity index (χ3v) is 7.58. The number of nitrogens with one attached hydrogen (secondary N) is 1. The summed E-state index contributed by atoms with van der Waals surface area (Å²) in [7, 11) is -3.37. The Labute approximate surface area is 170 Å². The second-order valence-corrected chi connectivity index (χ2v) is 9.68. The molecule has 0 aliphatic carbocycles. The lowest BCUT2D eigenvalue weighted by Gasteiger charge is -2.31. The number of hydrogen-bond donors (Lipinski definition) is 1. The zero-order valence-electron chi connectivity index (χ0n) is 16.9. The normalized spacial score (nSPS) is 16.3. The average Bonchev–Trinajstić information content (AvgIpc) is 2.74. The molecule has 1 N–H and O–H groups in total. The van der Waals surface area contributed by atoms with Crippen molar-refractivity contribution >= 4 is 10.0 Å². The molecule has 0 radical (unpaired) electrons. The molecule has 1 heterocycles. The van der Waals surface area contributed by atoms with E-state index >= 15 is 0 Å². The first-order chi connectivity index (χ1) is 13.6. The number of benzene rings is 2. The lowest BCUT2D eigenvalue weighted by molar-refractivity contribution is -0.903. The van der Waals surface area contributed by atoms with Gasteiger partial charge in [-0.3, -0.25) is 0 Å². The summed E-state index contributed by atoms with van der Waals surface area (Å²) < 4.78 is 27.6. The van der Waals surface area contributed by atoms with Crippen molar-refractivity contribution in [2.75, 3.05) is 32.7 Å². The summed E-state index contributed by atoms with van der Waals surface area (Å²) in [5, 5.41) is 0. The molecule has 1 aliphatic heterocycles. The maximum atomic E-state index is 13.0. The van der Waals surface area contributed by atoms with Crippen LogP contribution < -0.4 is 4.90 Å². The summed E-state index contributed by atoms with van der Waals surface area (Å²) in [6, 6.07) is 18.0. The minimum atomic E-state index is -3.37. The van der Waals surface area contributed by atoms with Gasteiger partial charge in [-0.05, 0) is 36.1 Å². The van der Waals surface area contributed by atoms with Gasteiger partial charge in [0.15, 0.2) is 0 Å². The summed E-state index contributed by atoms with van der Waals surface area (Å²) in [5.41, 5.74) is 2.58. The molecule has 3 rings (SSSR count). The van der Waals surface area contributed by atoms with Crippen LogP contribution in [-0.2, 0) is 22.9 Å². The van der Waals surface area contributed by atoms with Gasteiger partial charge in [-0.2, -0.15) is 4.31 Å². The number of piperazine rings is 1. The molecule has 0 spiro atoms. The minimum Gasteiger partial charge on any atom is -0.332 e. The Morgan fingerprint density at radius 3 is 2.14 bits per heavy atom. The highest BCUT2D eigenvalue weighted by Gasteiger charge is 2.30. The van der Waals surface area contributed by atoms with Gasteiger partial charge >= 0.3 is 0 Å². The second kappa shape index (κ2) is 10.2. The van der Waals surface area contributed by atoms with Crippen LogP contribution in [0.3, 0.4) is 0 Å². The van der Waals surface area contributed by atoms with Gasteiger partial charge in [0.25, 0.3) is 0 Å². The number of nitrogens with zero attached hydrogens (tertiary/aromatic N) is 1. The van der Waals surface area contributed by atoms with E-state index in [2.05, 4.69) is 31.2 Å². The van der Waals surface area contributed by atoms with E-state index in [0.717, 1.165) is 38.9 Å². The highest BCUT2D eigenvalue weighted by Crippen LogP contribution is 2.17. The van der Waals surface area contributed by atoms with Gasteiger partial charge in [0.05, 0.1) is 37.6 Å². The molecule has 0 saturated carbocycles. The topological polar surface area (TPSA) is 41.8 Å². The van der Waals surface area contributed by atoms with E-state index < -0.39 is 10.0 Å². The van der Waals surface area contributed by atoms with Gasteiger partial charge < -0.3 is 4.90 Å². The molecule has 0 atom stereocenters. The Morgan fingerprint density at radius 1 is 0.857 bits per heavy atom. The molecular formula is C23H33N2O2S+. The van der Waals surface area contributed by atoms with Crippen LogP contribution in [0.5, 0.6) is 0 Å². The predicted octanol–water partition coefficient (Wildman–Crippen LogP) is 2.55. The zero-order valence-corrected chi connectivity index (χ0v) is 17.8. The predicted molar refractivity (Wildman–Crippen MR) is 114 cm³/mol. The van der Waals surface area contributed by atoms with Gasteiger partial charge in [-0.15, -0.1) is 0 Å². The van der Waals surface area contributed by atoms with Crippen LogP contribution in [-0.4, -0.2) is 45.4 Å². The number of hydrogen-bond acceptors (Lipinski definition) is 2. The number of aryl methyl sites for hydroxylation is 1. The molecule has 0 unspecified atom stereocenters. The second-order valence-electron chi connectivity index (χ2n) is 7.74. The van der Waals surface area contributed by atoms with E-state index in [4.69, 9.17) is 0 Å². The molecule has 28 heavy (non-hydrogen) atoms. The standard InChI is InChI=1S/C23H32N2O2S/c1-2-3-5-8-22-11-13-23(14-12-22)28(26,27)25-19-17-24(18-20-25)16-15-21-9-6-4-7-10-21/h4,6-7,9-14H,2-3,5,8,15-20H2,1H3/p+1. The molecule has 0 amide bonds. The Hall–Kier alpha value is -1.69. The van der Waals surface area contributed by atoms with Crippen LogP contribution >= 0.6 is 0 Å². The van der Waals surface area contributed by atoms with Gasteiger partial charge in [0.1, 0.15) is 0 Å². The van der Waals surface area contributed by atoms with E-state index in [9.17, 15) is 8.42 Å². The van der Waals surface area contributed by atoms with Gasteiger partial charge in [0, 0.05) is 6.42 Å². The average molecular weight is 402 g/mol. The van der Waals surface area contributed by atoms with Crippen molar-refractivity contribution in [2.45, 2.75) is 43.9 Å². The van der Waals surface area contributed by atoms with Crippen molar-refractivity contribution in [3.05, 3.63) is 65.7 Å². The van der Waals surface area contributed by atoms with Gasteiger partial charge in [-0.1, -0.05) is 62.2 Å². The third-order valence-electron chi connectivity index (χ3n) is 5.67. The molecule has 1 saturated heterocycles. The van der Waals surface area contributed by atoms with Crippen molar-refractivity contribution in [3.63, 3.8) is 0 Å². The number of quaternary nitrogens is 1. The summed E-state index contributed by atoms with van der Waals surface area (Å²) >= 11 is 0. The quantitative estimate of drug-likeness (QED) is 0.656. The third kappa shape index (κ3) is 5.66. The first-order valence-electron chi connectivity index (χ1n) is 10.6. The van der Waals surface area contributed by atoms with Crippen molar-refractivity contribution in [3.8, 4) is 0 Å². The number of rotatable bonds is 9. The molecule has 1 fully saturated rings. The summed E-state index contributed by atoms with van der Waals surface area (Å²) in [6.45, 7) is 6.21. The van der Waals surface area contributed by atoms with Crippen LogP contribution in [0.4, 0.5) is 0 Å². The molecule has 4 nitrogen and oxygen atoms in total. The fourth-order valence-electron chi connectivity index (χ4n) is 3.81. The van der Waals surface area contributed by atoms with Crippen LogP contribution in [0.15, 0.2) is 59.5 Å². The maximum absolute atomic E-state index is 13.0. The van der Waals surface area contributed by atoms with Crippen LogP contribution in [0, 0.1) is 0 Å². The van der Waals surface area contributed by atoms with Crippen molar-refractivity contribution < 1.29 is 13.3 Å². The molecule has 5 heteroatoms. The molecule has 152 valence electrons. The Morgan fingerprint density at radius 2 is 1.50 bits per heavy atom. The molecule has 2 aromatic carbocycles. The van der Waals surface area contributed by atoms with E-state index in [1.54, 1.807) is 16.4 Å². The highest BCUT2D eigenvalue weighted by atomic mass is 32.2. The molecule has 0 bridgehead atoms. The number of unbranched alkanes of at least 4 members (excludes halogenated alkanes) is 2. The minimum absolute atomic E-state index is 0.430. The fraction of sp³-hybridized carbons (Fsp3) is 0.478. The largest absolute Gasteiger partial charge is 0.332 e. The highest BCUT2D eigenvalue weighted by molar-refractivity contribution is 7.89. The lowest BCUT2D eigenvalue weighted by Crippen LogP contribution is -3.15. The van der Waals surface area contributed by atoms with Crippen LogP contribution in [0.2, 0.25) is 0 Å². The fourth-order valence-corrected chi connectivity index (χ4v) is 5.26. The van der Waals surface area contributed by atoms with E-state index in [0.29, 0.717) is 18.0 Å². The molecule has 0 aromatic heterocycles. The van der Waals surface area contributed by atoms with Gasteiger partial charge in [-0.25, -0.2) is 8.42 Å². The lowest BCUT2D eigenvalue weighted by atomic mass is 10.1. The Balaban J connectivity index is 1.51. The molecular weight excluding hydrogens is 368 g/mol. The molecule has 1 aliphatic rings. The zero-order chi connectivity index (χ0) is 19.8. The first-order valence-corrected chi connectivity index (χ1v) is 12.0. The van der Waals surface area contributed by atoms with Crippen molar-refractivity contribution in [1.29, 1.82) is 0 Å². The molecule has 2 aromatic rings. The number of sulfonamides is 1. The smallest absolute Gasteiger partial charge is 0.243 e. The van der Waals surface area contributed by atoms with E-state index in [1.807, 2.05) is 18.2 Å². The van der Waals surface area contributed by atoms with Crippen molar-refractivity contribution in [2.24, 2.45) is 0 Å². The van der Waals surface area contributed by atoms with E-state index in [-0.39, 0.29) is 0 Å². The Kier molecular flexibility index (Phi) is 7.65. The van der Waals surface area contributed by atoms with Crippen molar-refractivity contribution in [1.82, 2.24) is 4.31 Å².